The molecule has 1 heterocycles. The van der Waals surface area contributed by atoms with Gasteiger partial charge in [-0.05, 0) is 48.5 Å². The van der Waals surface area contributed by atoms with E-state index in [2.05, 4.69) is 5.32 Å². The minimum atomic E-state index is -4.10. The highest BCUT2D eigenvalue weighted by Gasteiger charge is 2.31. The summed E-state index contributed by atoms with van der Waals surface area (Å²) in [6.45, 7) is 0. The van der Waals surface area contributed by atoms with Crippen LogP contribution in [0, 0.1) is 5.82 Å². The van der Waals surface area contributed by atoms with Gasteiger partial charge in [-0.1, -0.05) is 41.9 Å². The monoisotopic (exact) mass is 486 g/mol. The van der Waals surface area contributed by atoms with Gasteiger partial charge in [-0.2, -0.15) is 0 Å². The number of ketones is 1. The summed E-state index contributed by atoms with van der Waals surface area (Å²) in [6.07, 6.45) is 0. The van der Waals surface area contributed by atoms with Crippen molar-refractivity contribution < 1.29 is 17.6 Å². The summed E-state index contributed by atoms with van der Waals surface area (Å²) in [5.41, 5.74) is 6.93. The van der Waals surface area contributed by atoms with E-state index in [4.69, 9.17) is 17.3 Å². The van der Waals surface area contributed by atoms with Crippen molar-refractivity contribution in [3.63, 3.8) is 0 Å². The third-order valence-corrected chi connectivity index (χ3v) is 7.99. The van der Waals surface area contributed by atoms with Gasteiger partial charge in [0.25, 0.3) is 0 Å². The molecular formula is C23H16ClFN2O3S2. The molecule has 0 spiro atoms. The molecule has 0 atom stereocenters. The fourth-order valence-electron chi connectivity index (χ4n) is 3.06. The summed E-state index contributed by atoms with van der Waals surface area (Å²) < 4.78 is 40.3. The molecule has 4 rings (SSSR count). The van der Waals surface area contributed by atoms with Crippen LogP contribution >= 0.6 is 22.9 Å². The SMILES string of the molecule is Nc1c(C(=O)c2ccccc2)sc(Nc2ccc(F)cc2)c1S(=O)(=O)c1ccc(Cl)cc1. The topological polar surface area (TPSA) is 89.3 Å². The van der Waals surface area contributed by atoms with E-state index in [-0.39, 0.29) is 25.4 Å². The number of nitrogens with two attached hydrogens (primary N) is 1. The molecule has 9 heteroatoms. The molecule has 32 heavy (non-hydrogen) atoms. The standard InChI is InChI=1S/C23H16ClFN2O3S2/c24-15-6-12-18(13-7-15)32(29,30)22-19(26)21(20(28)14-4-2-1-3-5-14)31-23(22)27-17-10-8-16(25)9-11-17/h1-13,27H,26H2. The van der Waals surface area contributed by atoms with Crippen LogP contribution in [0.1, 0.15) is 15.2 Å². The predicted molar refractivity (Wildman–Crippen MR) is 125 cm³/mol. The Labute approximate surface area is 193 Å². The number of hydrogen-bond donors (Lipinski definition) is 2. The van der Waals surface area contributed by atoms with Crippen molar-refractivity contribution in [2.75, 3.05) is 11.1 Å². The lowest BCUT2D eigenvalue weighted by atomic mass is 10.1. The Morgan fingerprint density at radius 3 is 2.19 bits per heavy atom. The van der Waals surface area contributed by atoms with Crippen molar-refractivity contribution in [1.29, 1.82) is 0 Å². The molecule has 0 aliphatic carbocycles. The molecule has 0 fully saturated rings. The first-order valence-electron chi connectivity index (χ1n) is 9.32. The highest BCUT2D eigenvalue weighted by atomic mass is 35.5. The van der Waals surface area contributed by atoms with Crippen molar-refractivity contribution >= 4 is 54.9 Å². The van der Waals surface area contributed by atoms with Gasteiger partial charge in [0.1, 0.15) is 20.6 Å². The summed E-state index contributed by atoms with van der Waals surface area (Å²) in [4.78, 5) is 12.9. The molecule has 0 saturated heterocycles. The van der Waals surface area contributed by atoms with E-state index in [0.717, 1.165) is 11.3 Å². The molecule has 162 valence electrons. The van der Waals surface area contributed by atoms with Crippen molar-refractivity contribution in [3.8, 4) is 0 Å². The van der Waals surface area contributed by atoms with Crippen molar-refractivity contribution in [3.05, 3.63) is 100 Å². The molecule has 3 aromatic carbocycles. The van der Waals surface area contributed by atoms with Crippen LogP contribution in [0.25, 0.3) is 0 Å². The van der Waals surface area contributed by atoms with Gasteiger partial charge in [-0.3, -0.25) is 4.79 Å². The number of carbonyl (C=O) groups excluding carboxylic acids is 1. The third kappa shape index (κ3) is 4.25. The van der Waals surface area contributed by atoms with Crippen LogP contribution in [0.2, 0.25) is 5.02 Å². The Balaban J connectivity index is 1.88. The van der Waals surface area contributed by atoms with E-state index < -0.39 is 21.4 Å². The molecule has 0 saturated carbocycles. The zero-order valence-corrected chi connectivity index (χ0v) is 18.8. The Morgan fingerprint density at radius 1 is 0.938 bits per heavy atom. The minimum absolute atomic E-state index is 0.0210. The zero-order chi connectivity index (χ0) is 22.9. The molecule has 1 aromatic heterocycles. The lowest BCUT2D eigenvalue weighted by Gasteiger charge is -2.10. The van der Waals surface area contributed by atoms with E-state index in [1.807, 2.05) is 0 Å². The van der Waals surface area contributed by atoms with Crippen molar-refractivity contribution in [2.45, 2.75) is 9.79 Å². The molecular weight excluding hydrogens is 471 g/mol. The van der Waals surface area contributed by atoms with Gasteiger partial charge in [-0.25, -0.2) is 12.8 Å². The first kappa shape index (κ1) is 22.0. The first-order valence-corrected chi connectivity index (χ1v) is 12.0. The molecule has 3 N–H and O–H groups in total. The summed E-state index contributed by atoms with van der Waals surface area (Å²) in [5.74, 6) is -0.831. The number of carbonyl (C=O) groups is 1. The number of benzene rings is 3. The van der Waals surface area contributed by atoms with Crippen molar-refractivity contribution in [1.82, 2.24) is 0 Å². The quantitative estimate of drug-likeness (QED) is 0.330. The van der Waals surface area contributed by atoms with Crippen LogP contribution < -0.4 is 11.1 Å². The summed E-state index contributed by atoms with van der Waals surface area (Å²) >= 11 is 6.83. The second-order valence-electron chi connectivity index (χ2n) is 6.79. The van der Waals surface area contributed by atoms with Gasteiger partial charge in [-0.15, -0.1) is 11.3 Å². The number of nitrogen functional groups attached to an aromatic ring is 1. The van der Waals surface area contributed by atoms with Crippen molar-refractivity contribution in [2.24, 2.45) is 0 Å². The van der Waals surface area contributed by atoms with E-state index in [0.29, 0.717) is 16.3 Å². The maximum Gasteiger partial charge on any atom is 0.211 e. The number of thiophene rings is 1. The highest BCUT2D eigenvalue weighted by molar-refractivity contribution is 7.92. The van der Waals surface area contributed by atoms with Crippen LogP contribution in [-0.4, -0.2) is 14.2 Å². The van der Waals surface area contributed by atoms with Crippen LogP contribution in [0.4, 0.5) is 20.8 Å². The normalized spacial score (nSPS) is 11.3. The predicted octanol–water partition coefficient (Wildman–Crippen LogP) is 5.93. The number of sulfone groups is 1. The van der Waals surface area contributed by atoms with E-state index in [9.17, 15) is 17.6 Å². The Bertz CT molecular complexity index is 1390. The fraction of sp³-hybridized carbons (Fsp3) is 0. The Kier molecular flexibility index (Phi) is 6.01. The maximum absolute atomic E-state index is 13.5. The molecule has 0 bridgehead atoms. The van der Waals surface area contributed by atoms with E-state index >= 15 is 0 Å². The molecule has 0 aliphatic rings. The minimum Gasteiger partial charge on any atom is -0.396 e. The van der Waals surface area contributed by atoms with E-state index in [1.165, 1.54) is 48.5 Å². The van der Waals surface area contributed by atoms with Gasteiger partial charge in [0, 0.05) is 16.3 Å². The molecule has 0 unspecified atom stereocenters. The summed E-state index contributed by atoms with van der Waals surface area (Å²) in [7, 11) is -4.10. The van der Waals surface area contributed by atoms with Crippen LogP contribution in [-0.2, 0) is 9.84 Å². The average Bonchev–Trinajstić information content (AvgIpc) is 3.12. The van der Waals surface area contributed by atoms with Gasteiger partial charge >= 0.3 is 0 Å². The number of halogens is 2. The van der Waals surface area contributed by atoms with Gasteiger partial charge in [0.05, 0.1) is 10.6 Å². The second-order valence-corrected chi connectivity index (χ2v) is 10.1. The van der Waals surface area contributed by atoms with Gasteiger partial charge < -0.3 is 11.1 Å². The summed E-state index contributed by atoms with van der Waals surface area (Å²) in [6, 6.07) is 19.5. The van der Waals surface area contributed by atoms with Crippen LogP contribution in [0.3, 0.4) is 0 Å². The lowest BCUT2D eigenvalue weighted by molar-refractivity contribution is 0.104. The first-order chi connectivity index (χ1) is 15.3. The summed E-state index contributed by atoms with van der Waals surface area (Å²) in [5, 5.41) is 3.51. The largest absolute Gasteiger partial charge is 0.396 e. The number of rotatable bonds is 6. The molecule has 0 amide bonds. The van der Waals surface area contributed by atoms with Crippen LogP contribution in [0.15, 0.2) is 88.7 Å². The van der Waals surface area contributed by atoms with E-state index in [1.54, 1.807) is 30.3 Å². The van der Waals surface area contributed by atoms with Gasteiger partial charge in [0.15, 0.2) is 0 Å². The third-order valence-electron chi connectivity index (χ3n) is 4.64. The molecule has 0 aliphatic heterocycles. The number of hydrogen-bond acceptors (Lipinski definition) is 6. The zero-order valence-electron chi connectivity index (χ0n) is 16.4. The Hall–Kier alpha value is -3.20. The Morgan fingerprint density at radius 2 is 1.56 bits per heavy atom. The second kappa shape index (κ2) is 8.74. The fourth-order valence-corrected chi connectivity index (χ4v) is 6.12. The number of anilines is 3. The smallest absolute Gasteiger partial charge is 0.211 e. The lowest BCUT2D eigenvalue weighted by Crippen LogP contribution is -2.08. The molecule has 4 aromatic rings. The van der Waals surface area contributed by atoms with Gasteiger partial charge in [0.2, 0.25) is 15.6 Å². The molecule has 5 nitrogen and oxygen atoms in total. The van der Waals surface area contributed by atoms with Crippen LogP contribution in [0.5, 0.6) is 0 Å². The molecule has 0 radical (unpaired) electrons. The maximum atomic E-state index is 13.5. The highest BCUT2D eigenvalue weighted by Crippen LogP contribution is 2.44. The average molecular weight is 487 g/mol. The number of nitrogens with one attached hydrogen (secondary N) is 1.